The molecule has 0 N–H and O–H groups in total. The standard InChI is InChI=1S/C27H30F2N4O5S/c1-6-38-26-22(37-4)12-11-20(31-26)21(15-39(5,35)36)33-25-24(32(27(33)34)14-23(28)29)17(3)19(13-30-25)18-10-8-7-9-16(18)2/h7-13,21,23H,6,14-15H2,1-5H3. The third kappa shape index (κ3) is 5.65. The van der Waals surface area contributed by atoms with Crippen LogP contribution < -0.4 is 15.2 Å². The molecule has 0 aliphatic rings. The smallest absolute Gasteiger partial charge is 0.331 e. The van der Waals surface area contributed by atoms with Gasteiger partial charge in [0, 0.05) is 18.0 Å². The Morgan fingerprint density at radius 1 is 1.08 bits per heavy atom. The van der Waals surface area contributed by atoms with Crippen molar-refractivity contribution in [2.24, 2.45) is 0 Å². The van der Waals surface area contributed by atoms with Crippen molar-refractivity contribution in [1.82, 2.24) is 19.1 Å². The predicted molar refractivity (Wildman–Crippen MR) is 145 cm³/mol. The minimum Gasteiger partial charge on any atom is -0.491 e. The number of nitrogens with zero attached hydrogens (tertiary/aromatic N) is 4. The number of imidazole rings is 1. The van der Waals surface area contributed by atoms with Gasteiger partial charge in [0.25, 0.3) is 12.3 Å². The van der Waals surface area contributed by atoms with E-state index < -0.39 is 40.3 Å². The number of ether oxygens (including phenoxy) is 2. The van der Waals surface area contributed by atoms with E-state index in [0.717, 1.165) is 26.5 Å². The second-order valence-corrected chi connectivity index (χ2v) is 11.4. The minimum absolute atomic E-state index is 0.0831. The van der Waals surface area contributed by atoms with E-state index in [4.69, 9.17) is 9.47 Å². The Bertz CT molecular complexity index is 1680. The summed E-state index contributed by atoms with van der Waals surface area (Å²) >= 11 is 0. The highest BCUT2D eigenvalue weighted by Gasteiger charge is 2.30. The van der Waals surface area contributed by atoms with Crippen molar-refractivity contribution in [1.29, 1.82) is 0 Å². The van der Waals surface area contributed by atoms with Gasteiger partial charge in [0.05, 0.1) is 43.3 Å². The van der Waals surface area contributed by atoms with E-state index in [9.17, 15) is 22.0 Å². The molecular formula is C27H30F2N4O5S. The summed E-state index contributed by atoms with van der Waals surface area (Å²) in [5.74, 6) is -0.0827. The van der Waals surface area contributed by atoms with E-state index in [0.29, 0.717) is 16.9 Å². The molecule has 0 fully saturated rings. The Balaban J connectivity index is 2.05. The Hall–Kier alpha value is -3.80. The van der Waals surface area contributed by atoms with Gasteiger partial charge in [-0.05, 0) is 49.6 Å². The second-order valence-electron chi connectivity index (χ2n) is 9.22. The van der Waals surface area contributed by atoms with Crippen molar-refractivity contribution in [3.05, 3.63) is 69.9 Å². The van der Waals surface area contributed by atoms with E-state index in [2.05, 4.69) is 9.97 Å². The zero-order valence-corrected chi connectivity index (χ0v) is 23.1. The monoisotopic (exact) mass is 560 g/mol. The van der Waals surface area contributed by atoms with Gasteiger partial charge in [-0.2, -0.15) is 0 Å². The lowest BCUT2D eigenvalue weighted by Crippen LogP contribution is -2.33. The lowest BCUT2D eigenvalue weighted by atomic mass is 9.98. The van der Waals surface area contributed by atoms with Crippen LogP contribution in [0, 0.1) is 13.8 Å². The molecule has 39 heavy (non-hydrogen) atoms. The van der Waals surface area contributed by atoms with Crippen LogP contribution in [0.2, 0.25) is 0 Å². The molecule has 1 aromatic carbocycles. The minimum atomic E-state index is -3.68. The number of halogens is 2. The molecule has 9 nitrogen and oxygen atoms in total. The number of pyridine rings is 2. The van der Waals surface area contributed by atoms with Gasteiger partial charge in [-0.3, -0.25) is 9.13 Å². The summed E-state index contributed by atoms with van der Waals surface area (Å²) in [6.07, 6.45) is -0.223. The van der Waals surface area contributed by atoms with Crippen LogP contribution >= 0.6 is 0 Å². The van der Waals surface area contributed by atoms with Crippen molar-refractivity contribution in [3.8, 4) is 22.8 Å². The summed E-state index contributed by atoms with van der Waals surface area (Å²) in [5.41, 5.74) is 2.71. The number of sulfone groups is 1. The predicted octanol–water partition coefficient (Wildman–Crippen LogP) is 4.18. The van der Waals surface area contributed by atoms with Crippen LogP contribution in [0.4, 0.5) is 8.78 Å². The number of aryl methyl sites for hydroxylation is 2. The largest absolute Gasteiger partial charge is 0.491 e. The zero-order chi connectivity index (χ0) is 28.5. The molecule has 4 rings (SSSR count). The van der Waals surface area contributed by atoms with E-state index in [-0.39, 0.29) is 29.3 Å². The second kappa shape index (κ2) is 11.1. The SMILES string of the molecule is CCOc1nc(C(CS(C)(=O)=O)n2c(=O)n(CC(F)F)c3c(C)c(-c4ccccc4C)cnc32)ccc1OC. The maximum atomic E-state index is 13.8. The van der Waals surface area contributed by atoms with E-state index in [1.807, 2.05) is 31.2 Å². The van der Waals surface area contributed by atoms with Gasteiger partial charge in [0.2, 0.25) is 0 Å². The first-order valence-electron chi connectivity index (χ1n) is 12.3. The number of hydrogen-bond donors (Lipinski definition) is 0. The summed E-state index contributed by atoms with van der Waals surface area (Å²) in [5, 5.41) is 0. The fraction of sp³-hybridized carbons (Fsp3) is 0.370. The van der Waals surface area contributed by atoms with Crippen molar-refractivity contribution >= 4 is 21.0 Å². The molecule has 1 atom stereocenters. The highest BCUT2D eigenvalue weighted by atomic mass is 32.2. The molecule has 0 saturated carbocycles. The number of benzene rings is 1. The zero-order valence-electron chi connectivity index (χ0n) is 22.3. The van der Waals surface area contributed by atoms with Crippen molar-refractivity contribution in [2.75, 3.05) is 25.7 Å². The first kappa shape index (κ1) is 28.2. The topological polar surface area (TPSA) is 105 Å². The number of fused-ring (bicyclic) bond motifs is 1. The van der Waals surface area contributed by atoms with Crippen molar-refractivity contribution in [3.63, 3.8) is 0 Å². The van der Waals surface area contributed by atoms with Crippen LogP contribution in [-0.4, -0.2) is 59.7 Å². The number of aromatic nitrogens is 4. The number of alkyl halides is 2. The van der Waals surface area contributed by atoms with Crippen LogP contribution in [0.1, 0.15) is 29.8 Å². The van der Waals surface area contributed by atoms with Crippen LogP contribution in [-0.2, 0) is 16.4 Å². The fourth-order valence-electron chi connectivity index (χ4n) is 4.73. The molecule has 1 unspecified atom stereocenters. The Labute approximate surface area is 225 Å². The van der Waals surface area contributed by atoms with Crippen molar-refractivity contribution in [2.45, 2.75) is 39.8 Å². The Morgan fingerprint density at radius 3 is 2.41 bits per heavy atom. The molecule has 0 radical (unpaired) electrons. The van der Waals surface area contributed by atoms with Crippen LogP contribution in [0.5, 0.6) is 11.6 Å². The number of methoxy groups -OCH3 is 1. The molecule has 3 aromatic heterocycles. The average Bonchev–Trinajstić information content (AvgIpc) is 3.14. The summed E-state index contributed by atoms with van der Waals surface area (Å²) in [4.78, 5) is 22.8. The van der Waals surface area contributed by atoms with Gasteiger partial charge < -0.3 is 9.47 Å². The van der Waals surface area contributed by atoms with Gasteiger partial charge >= 0.3 is 5.69 Å². The highest BCUT2D eigenvalue weighted by Crippen LogP contribution is 2.33. The van der Waals surface area contributed by atoms with E-state index in [1.165, 1.54) is 13.2 Å². The van der Waals surface area contributed by atoms with Crippen LogP contribution in [0.25, 0.3) is 22.3 Å². The third-order valence-corrected chi connectivity index (χ3v) is 7.36. The van der Waals surface area contributed by atoms with Gasteiger partial charge in [0.15, 0.2) is 11.4 Å². The number of rotatable bonds is 10. The quantitative estimate of drug-likeness (QED) is 0.287. The molecule has 3 heterocycles. The number of hydrogen-bond acceptors (Lipinski definition) is 7. The van der Waals surface area contributed by atoms with Crippen LogP contribution in [0.3, 0.4) is 0 Å². The lowest BCUT2D eigenvalue weighted by molar-refractivity contribution is 0.126. The molecule has 0 saturated heterocycles. The van der Waals surface area contributed by atoms with Crippen LogP contribution in [0.15, 0.2) is 47.4 Å². The molecule has 12 heteroatoms. The van der Waals surface area contributed by atoms with Gasteiger partial charge in [-0.15, -0.1) is 0 Å². The summed E-state index contributed by atoms with van der Waals surface area (Å²) < 4.78 is 65.5. The highest BCUT2D eigenvalue weighted by molar-refractivity contribution is 7.90. The molecule has 208 valence electrons. The normalized spacial score (nSPS) is 12.7. The van der Waals surface area contributed by atoms with Gasteiger partial charge in [0.1, 0.15) is 9.84 Å². The maximum Gasteiger partial charge on any atom is 0.331 e. The van der Waals surface area contributed by atoms with Gasteiger partial charge in [-0.25, -0.2) is 32.0 Å². The summed E-state index contributed by atoms with van der Waals surface area (Å²) in [6, 6.07) is 9.46. The Morgan fingerprint density at radius 2 is 1.79 bits per heavy atom. The third-order valence-electron chi connectivity index (χ3n) is 6.44. The van der Waals surface area contributed by atoms with Crippen molar-refractivity contribution < 1.29 is 26.7 Å². The molecule has 0 aliphatic carbocycles. The van der Waals surface area contributed by atoms with E-state index >= 15 is 0 Å². The van der Waals surface area contributed by atoms with Gasteiger partial charge in [-0.1, -0.05) is 24.3 Å². The first-order chi connectivity index (χ1) is 18.5. The molecule has 0 bridgehead atoms. The molecule has 0 spiro atoms. The molecule has 0 aliphatic heterocycles. The first-order valence-corrected chi connectivity index (χ1v) is 14.3. The molecule has 4 aromatic rings. The summed E-state index contributed by atoms with van der Waals surface area (Å²) in [6.45, 7) is 4.79. The lowest BCUT2D eigenvalue weighted by Gasteiger charge is -2.19. The molecule has 0 amide bonds. The maximum absolute atomic E-state index is 13.8. The Kier molecular flexibility index (Phi) is 8.05. The van der Waals surface area contributed by atoms with E-state index in [1.54, 1.807) is 26.1 Å². The summed E-state index contributed by atoms with van der Waals surface area (Å²) in [7, 11) is -2.24. The average molecular weight is 561 g/mol. The fourth-order valence-corrected chi connectivity index (χ4v) is 5.62. The molecular weight excluding hydrogens is 530 g/mol.